The molecular formula is C22H23FN2O3S. The van der Waals surface area contributed by atoms with Crippen LogP contribution in [0.1, 0.15) is 24.0 Å². The highest BCUT2D eigenvalue weighted by atomic mass is 32.2. The first-order valence-corrected chi connectivity index (χ1v) is 11.1. The van der Waals surface area contributed by atoms with Gasteiger partial charge in [-0.05, 0) is 54.7 Å². The molecule has 1 unspecified atom stereocenters. The summed E-state index contributed by atoms with van der Waals surface area (Å²) in [5, 5.41) is 0. The van der Waals surface area contributed by atoms with E-state index in [9.17, 15) is 17.6 Å². The van der Waals surface area contributed by atoms with Crippen molar-refractivity contribution in [3.8, 4) is 0 Å². The van der Waals surface area contributed by atoms with Crippen LogP contribution < -0.4 is 0 Å². The monoisotopic (exact) mass is 414 g/mol. The smallest absolute Gasteiger partial charge is 0.244 e. The Morgan fingerprint density at radius 3 is 2.28 bits per heavy atom. The van der Waals surface area contributed by atoms with Crippen molar-refractivity contribution in [3.63, 3.8) is 0 Å². The molecule has 2 aromatic rings. The quantitative estimate of drug-likeness (QED) is 0.725. The van der Waals surface area contributed by atoms with Crippen LogP contribution in [-0.4, -0.2) is 42.7 Å². The lowest BCUT2D eigenvalue weighted by Gasteiger charge is -2.39. The molecule has 0 spiro atoms. The highest BCUT2D eigenvalue weighted by molar-refractivity contribution is 7.89. The van der Waals surface area contributed by atoms with E-state index in [-0.39, 0.29) is 17.3 Å². The largest absolute Gasteiger partial charge is 0.341 e. The number of carbonyl (C=O) groups excluding carboxylic acids is 1. The first kappa shape index (κ1) is 19.8. The van der Waals surface area contributed by atoms with Gasteiger partial charge in [0.2, 0.25) is 15.9 Å². The first-order valence-electron chi connectivity index (χ1n) is 9.66. The lowest BCUT2D eigenvalue weighted by Crippen LogP contribution is -2.54. The highest BCUT2D eigenvalue weighted by Crippen LogP contribution is 2.31. The van der Waals surface area contributed by atoms with Crippen molar-refractivity contribution in [2.24, 2.45) is 0 Å². The van der Waals surface area contributed by atoms with Crippen molar-refractivity contribution in [2.45, 2.75) is 36.7 Å². The van der Waals surface area contributed by atoms with Crippen molar-refractivity contribution in [1.82, 2.24) is 9.21 Å². The maximum absolute atomic E-state index is 13.4. The topological polar surface area (TPSA) is 57.7 Å². The number of nitrogens with zero attached hydrogens (tertiary/aromatic N) is 2. The molecule has 1 atom stereocenters. The minimum atomic E-state index is -3.96. The molecule has 0 aromatic heterocycles. The lowest BCUT2D eigenvalue weighted by atomic mass is 9.94. The van der Waals surface area contributed by atoms with Crippen LogP contribution in [0, 0.1) is 5.82 Å². The number of hydrogen-bond donors (Lipinski definition) is 0. The van der Waals surface area contributed by atoms with Gasteiger partial charge in [-0.15, -0.1) is 0 Å². The van der Waals surface area contributed by atoms with E-state index in [1.807, 2.05) is 24.3 Å². The van der Waals surface area contributed by atoms with Crippen molar-refractivity contribution in [1.29, 1.82) is 0 Å². The van der Waals surface area contributed by atoms with Crippen LogP contribution >= 0.6 is 0 Å². The maximum Gasteiger partial charge on any atom is 0.244 e. The second-order valence-corrected chi connectivity index (χ2v) is 9.46. The number of likely N-dealkylation sites (tertiary alicyclic amines) is 1. The number of amides is 1. The van der Waals surface area contributed by atoms with E-state index in [1.54, 1.807) is 4.90 Å². The van der Waals surface area contributed by atoms with Crippen molar-refractivity contribution < 1.29 is 17.6 Å². The molecule has 0 radical (unpaired) electrons. The number of fused-ring (bicyclic) bond motifs is 1. The van der Waals surface area contributed by atoms with Gasteiger partial charge in [0, 0.05) is 19.6 Å². The minimum Gasteiger partial charge on any atom is -0.341 e. The Balaban J connectivity index is 1.71. The molecule has 2 heterocycles. The number of halogens is 1. The second kappa shape index (κ2) is 7.72. The Morgan fingerprint density at radius 2 is 1.62 bits per heavy atom. The van der Waals surface area contributed by atoms with Gasteiger partial charge in [-0.2, -0.15) is 4.31 Å². The summed E-state index contributed by atoms with van der Waals surface area (Å²) in [5.74, 6) is -0.688. The zero-order chi connectivity index (χ0) is 20.6. The van der Waals surface area contributed by atoms with E-state index in [0.29, 0.717) is 19.5 Å². The second-order valence-electron chi connectivity index (χ2n) is 7.57. The fourth-order valence-electron chi connectivity index (χ4n) is 3.96. The predicted molar refractivity (Wildman–Crippen MR) is 108 cm³/mol. The van der Waals surface area contributed by atoms with Crippen LogP contribution in [0.2, 0.25) is 0 Å². The normalized spacial score (nSPS) is 20.4. The molecular weight excluding hydrogens is 391 g/mol. The minimum absolute atomic E-state index is 0.0110. The van der Waals surface area contributed by atoms with Gasteiger partial charge in [-0.25, -0.2) is 12.8 Å². The van der Waals surface area contributed by atoms with E-state index < -0.39 is 21.9 Å². The first-order chi connectivity index (χ1) is 13.9. The summed E-state index contributed by atoms with van der Waals surface area (Å²) in [4.78, 5) is 15.1. The molecule has 29 heavy (non-hydrogen) atoms. The number of rotatable bonds is 3. The summed E-state index contributed by atoms with van der Waals surface area (Å²) in [7, 11) is -3.96. The Kier molecular flexibility index (Phi) is 5.27. The number of benzene rings is 2. The molecule has 2 aromatic carbocycles. The Hall–Kier alpha value is -2.51. The van der Waals surface area contributed by atoms with Crippen LogP contribution in [-0.2, 0) is 27.8 Å². The summed E-state index contributed by atoms with van der Waals surface area (Å²) in [6, 6.07) is 11.5. The van der Waals surface area contributed by atoms with Crippen LogP contribution in [0.5, 0.6) is 0 Å². The lowest BCUT2D eigenvalue weighted by molar-refractivity contribution is -0.136. The Morgan fingerprint density at radius 1 is 1.00 bits per heavy atom. The van der Waals surface area contributed by atoms with Gasteiger partial charge in [0.15, 0.2) is 0 Å². The van der Waals surface area contributed by atoms with E-state index >= 15 is 0 Å². The number of hydrogen-bond acceptors (Lipinski definition) is 3. The molecule has 2 aliphatic rings. The van der Waals surface area contributed by atoms with Gasteiger partial charge < -0.3 is 4.90 Å². The van der Waals surface area contributed by atoms with Crippen molar-refractivity contribution in [2.75, 3.05) is 13.1 Å². The zero-order valence-corrected chi connectivity index (χ0v) is 16.9. The van der Waals surface area contributed by atoms with Gasteiger partial charge in [-0.3, -0.25) is 4.79 Å². The maximum atomic E-state index is 13.4. The van der Waals surface area contributed by atoms with E-state index in [4.69, 9.17) is 0 Å². The van der Waals surface area contributed by atoms with Crippen molar-refractivity contribution >= 4 is 15.9 Å². The molecule has 1 saturated heterocycles. The SMILES string of the molecule is C=C1CCN(C(=O)C2Cc3ccccc3CN2S(=O)(=O)c2ccc(F)cc2)CC1. The molecule has 1 amide bonds. The van der Waals surface area contributed by atoms with Crippen LogP contribution in [0.3, 0.4) is 0 Å². The molecule has 7 heteroatoms. The van der Waals surface area contributed by atoms with Crippen molar-refractivity contribution in [3.05, 3.63) is 77.6 Å². The van der Waals surface area contributed by atoms with Gasteiger partial charge in [0.05, 0.1) is 4.90 Å². The van der Waals surface area contributed by atoms with Gasteiger partial charge >= 0.3 is 0 Å². The van der Waals surface area contributed by atoms with E-state index in [2.05, 4.69) is 6.58 Å². The number of carbonyl (C=O) groups is 1. The molecule has 0 bridgehead atoms. The molecule has 5 nitrogen and oxygen atoms in total. The molecule has 1 fully saturated rings. The molecule has 0 N–H and O–H groups in total. The van der Waals surface area contributed by atoms with Gasteiger partial charge in [0.25, 0.3) is 0 Å². The Bertz CT molecular complexity index is 1040. The molecule has 0 saturated carbocycles. The number of sulfonamides is 1. The highest BCUT2D eigenvalue weighted by Gasteiger charge is 2.41. The van der Waals surface area contributed by atoms with E-state index in [0.717, 1.165) is 41.7 Å². The van der Waals surface area contributed by atoms with Crippen LogP contribution in [0.25, 0.3) is 0 Å². The summed E-state index contributed by atoms with van der Waals surface area (Å²) in [6.07, 6.45) is 1.80. The average molecular weight is 415 g/mol. The summed E-state index contributed by atoms with van der Waals surface area (Å²) < 4.78 is 41.3. The van der Waals surface area contributed by atoms with E-state index in [1.165, 1.54) is 16.4 Å². The molecule has 4 rings (SSSR count). The standard InChI is InChI=1S/C22H23FN2O3S/c1-16-10-12-24(13-11-16)22(26)21-14-17-4-2-3-5-18(17)15-25(21)29(27,28)20-8-6-19(23)7-9-20/h2-9,21H,1,10-15H2. The fourth-order valence-corrected chi connectivity index (χ4v) is 5.52. The third-order valence-electron chi connectivity index (χ3n) is 5.69. The predicted octanol–water partition coefficient (Wildman–Crippen LogP) is 3.12. The van der Waals surface area contributed by atoms with Gasteiger partial charge in [-0.1, -0.05) is 36.4 Å². The third kappa shape index (κ3) is 3.84. The Labute approximate surface area is 170 Å². The molecule has 152 valence electrons. The summed E-state index contributed by atoms with van der Waals surface area (Å²) >= 11 is 0. The summed E-state index contributed by atoms with van der Waals surface area (Å²) in [5.41, 5.74) is 2.98. The van der Waals surface area contributed by atoms with Crippen LogP contribution in [0.4, 0.5) is 4.39 Å². The molecule has 2 aliphatic heterocycles. The zero-order valence-electron chi connectivity index (χ0n) is 16.1. The fraction of sp³-hybridized carbons (Fsp3) is 0.318. The third-order valence-corrected chi connectivity index (χ3v) is 7.56. The van der Waals surface area contributed by atoms with Gasteiger partial charge in [0.1, 0.15) is 11.9 Å². The molecule has 0 aliphatic carbocycles. The van der Waals surface area contributed by atoms with Crippen LogP contribution in [0.15, 0.2) is 65.6 Å². The number of piperidine rings is 1. The summed E-state index contributed by atoms with van der Waals surface area (Å²) in [6.45, 7) is 5.21. The average Bonchev–Trinajstić information content (AvgIpc) is 2.73.